The highest BCUT2D eigenvalue weighted by atomic mass is 16.5. The van der Waals surface area contributed by atoms with Crippen LogP contribution in [0, 0.1) is 5.92 Å². The second kappa shape index (κ2) is 8.97. The smallest absolute Gasteiger partial charge is 0.310 e. The SMILES string of the molecule is O=C(OCC(=O)N1CCOCC1)[C@@H]1CCCN(Cc2ccccc2)C1. The van der Waals surface area contributed by atoms with E-state index in [-0.39, 0.29) is 24.4 Å². The van der Waals surface area contributed by atoms with Gasteiger partial charge in [-0.3, -0.25) is 14.5 Å². The van der Waals surface area contributed by atoms with Gasteiger partial charge in [-0.2, -0.15) is 0 Å². The molecular formula is C19H26N2O4. The maximum Gasteiger partial charge on any atom is 0.310 e. The van der Waals surface area contributed by atoms with Crippen molar-refractivity contribution in [2.75, 3.05) is 46.0 Å². The van der Waals surface area contributed by atoms with Gasteiger partial charge >= 0.3 is 5.97 Å². The lowest BCUT2D eigenvalue weighted by Gasteiger charge is -2.31. The third kappa shape index (κ3) is 5.28. The molecule has 6 heteroatoms. The van der Waals surface area contributed by atoms with Crippen LogP contribution >= 0.6 is 0 Å². The quantitative estimate of drug-likeness (QED) is 0.752. The lowest BCUT2D eigenvalue weighted by atomic mass is 9.98. The van der Waals surface area contributed by atoms with E-state index < -0.39 is 0 Å². The highest BCUT2D eigenvalue weighted by Gasteiger charge is 2.28. The Morgan fingerprint density at radius 1 is 1.12 bits per heavy atom. The topological polar surface area (TPSA) is 59.1 Å². The van der Waals surface area contributed by atoms with Gasteiger partial charge in [0.2, 0.25) is 0 Å². The standard InChI is InChI=1S/C19H26N2O4/c22-18(21-9-11-24-12-10-21)15-25-19(23)17-7-4-8-20(14-17)13-16-5-2-1-3-6-16/h1-3,5-6,17H,4,7-15H2/t17-/m1/s1. The molecule has 2 heterocycles. The molecule has 0 spiro atoms. The number of likely N-dealkylation sites (tertiary alicyclic amines) is 1. The second-order valence-corrected chi connectivity index (χ2v) is 6.66. The summed E-state index contributed by atoms with van der Waals surface area (Å²) in [6.07, 6.45) is 1.81. The molecule has 2 fully saturated rings. The number of carbonyl (C=O) groups is 2. The molecule has 0 unspecified atom stereocenters. The van der Waals surface area contributed by atoms with Crippen LogP contribution in [0.25, 0.3) is 0 Å². The Hall–Kier alpha value is -1.92. The lowest BCUT2D eigenvalue weighted by Crippen LogP contribution is -2.44. The maximum absolute atomic E-state index is 12.3. The van der Waals surface area contributed by atoms with E-state index >= 15 is 0 Å². The van der Waals surface area contributed by atoms with Crippen LogP contribution in [-0.4, -0.2) is 67.7 Å². The monoisotopic (exact) mass is 346 g/mol. The Labute approximate surface area is 148 Å². The van der Waals surface area contributed by atoms with Gasteiger partial charge in [-0.05, 0) is 24.9 Å². The Morgan fingerprint density at radius 3 is 2.64 bits per heavy atom. The first-order chi connectivity index (χ1) is 12.2. The van der Waals surface area contributed by atoms with Crippen LogP contribution in [-0.2, 0) is 25.6 Å². The van der Waals surface area contributed by atoms with E-state index in [2.05, 4.69) is 17.0 Å². The summed E-state index contributed by atoms with van der Waals surface area (Å²) in [5.74, 6) is -0.525. The van der Waals surface area contributed by atoms with E-state index in [0.717, 1.165) is 25.9 Å². The fraction of sp³-hybridized carbons (Fsp3) is 0.579. The fourth-order valence-electron chi connectivity index (χ4n) is 3.39. The molecular weight excluding hydrogens is 320 g/mol. The van der Waals surface area contributed by atoms with Crippen LogP contribution in [0.15, 0.2) is 30.3 Å². The van der Waals surface area contributed by atoms with Gasteiger partial charge in [-0.25, -0.2) is 0 Å². The first kappa shape index (κ1) is 17.9. The predicted molar refractivity (Wildman–Crippen MR) is 92.8 cm³/mol. The molecule has 0 radical (unpaired) electrons. The minimum absolute atomic E-state index is 0.131. The highest BCUT2D eigenvalue weighted by molar-refractivity contribution is 5.81. The molecule has 1 atom stereocenters. The Bertz CT molecular complexity index is 572. The zero-order chi connectivity index (χ0) is 17.5. The van der Waals surface area contributed by atoms with E-state index in [1.165, 1.54) is 5.56 Å². The van der Waals surface area contributed by atoms with Gasteiger partial charge in [0.1, 0.15) is 0 Å². The van der Waals surface area contributed by atoms with Gasteiger partial charge in [0.15, 0.2) is 6.61 Å². The van der Waals surface area contributed by atoms with Gasteiger partial charge in [0.05, 0.1) is 19.1 Å². The van der Waals surface area contributed by atoms with Crippen molar-refractivity contribution in [2.45, 2.75) is 19.4 Å². The van der Waals surface area contributed by atoms with Gasteiger partial charge < -0.3 is 14.4 Å². The molecule has 6 nitrogen and oxygen atoms in total. The lowest BCUT2D eigenvalue weighted by molar-refractivity contribution is -0.158. The number of piperidine rings is 1. The average molecular weight is 346 g/mol. The zero-order valence-corrected chi connectivity index (χ0v) is 14.6. The van der Waals surface area contributed by atoms with Crippen molar-refractivity contribution in [3.05, 3.63) is 35.9 Å². The summed E-state index contributed by atoms with van der Waals surface area (Å²) in [6, 6.07) is 10.3. The number of esters is 1. The normalized spacial score (nSPS) is 21.8. The molecule has 0 saturated carbocycles. The number of hydrogen-bond acceptors (Lipinski definition) is 5. The van der Waals surface area contributed by atoms with Gasteiger partial charge in [-0.1, -0.05) is 30.3 Å². The van der Waals surface area contributed by atoms with Crippen molar-refractivity contribution >= 4 is 11.9 Å². The summed E-state index contributed by atoms with van der Waals surface area (Å²) in [5.41, 5.74) is 1.25. The van der Waals surface area contributed by atoms with Crippen molar-refractivity contribution in [1.29, 1.82) is 0 Å². The summed E-state index contributed by atoms with van der Waals surface area (Å²) in [4.78, 5) is 28.4. The maximum atomic E-state index is 12.3. The number of amides is 1. The van der Waals surface area contributed by atoms with E-state index in [1.54, 1.807) is 4.90 Å². The molecule has 0 aliphatic carbocycles. The number of ether oxygens (including phenoxy) is 2. The van der Waals surface area contributed by atoms with Gasteiger partial charge in [-0.15, -0.1) is 0 Å². The summed E-state index contributed by atoms with van der Waals surface area (Å²) in [7, 11) is 0. The van der Waals surface area contributed by atoms with Crippen LogP contribution < -0.4 is 0 Å². The first-order valence-electron chi connectivity index (χ1n) is 9.01. The molecule has 0 bridgehead atoms. The van der Waals surface area contributed by atoms with Crippen molar-refractivity contribution in [3.63, 3.8) is 0 Å². The number of carbonyl (C=O) groups excluding carboxylic acids is 2. The average Bonchev–Trinajstić information content (AvgIpc) is 2.67. The van der Waals surface area contributed by atoms with E-state index in [9.17, 15) is 9.59 Å². The number of nitrogens with zero attached hydrogens (tertiary/aromatic N) is 2. The number of rotatable bonds is 5. The molecule has 0 aromatic heterocycles. The van der Waals surface area contributed by atoms with E-state index in [4.69, 9.17) is 9.47 Å². The van der Waals surface area contributed by atoms with Gasteiger partial charge in [0.25, 0.3) is 5.91 Å². The Morgan fingerprint density at radius 2 is 1.88 bits per heavy atom. The minimum Gasteiger partial charge on any atom is -0.455 e. The third-order valence-corrected chi connectivity index (χ3v) is 4.79. The number of morpholine rings is 1. The van der Waals surface area contributed by atoms with Crippen molar-refractivity contribution in [1.82, 2.24) is 9.80 Å². The van der Waals surface area contributed by atoms with Crippen LogP contribution in [0.4, 0.5) is 0 Å². The van der Waals surface area contributed by atoms with Crippen LogP contribution in [0.5, 0.6) is 0 Å². The Balaban J connectivity index is 1.44. The van der Waals surface area contributed by atoms with Crippen molar-refractivity contribution in [3.8, 4) is 0 Å². The van der Waals surface area contributed by atoms with Crippen molar-refractivity contribution in [2.24, 2.45) is 5.92 Å². The van der Waals surface area contributed by atoms with Crippen molar-refractivity contribution < 1.29 is 19.1 Å². The molecule has 1 aromatic carbocycles. The predicted octanol–water partition coefficient (Wildman–Crippen LogP) is 1.30. The molecule has 2 aliphatic rings. The van der Waals surface area contributed by atoms with Crippen LogP contribution in [0.2, 0.25) is 0 Å². The molecule has 1 aromatic rings. The van der Waals surface area contributed by atoms with Gasteiger partial charge in [0, 0.05) is 26.2 Å². The highest BCUT2D eigenvalue weighted by Crippen LogP contribution is 2.20. The second-order valence-electron chi connectivity index (χ2n) is 6.66. The largest absolute Gasteiger partial charge is 0.455 e. The summed E-state index contributed by atoms with van der Waals surface area (Å²) in [5, 5.41) is 0. The minimum atomic E-state index is -0.251. The Kier molecular flexibility index (Phi) is 6.42. The van der Waals surface area contributed by atoms with E-state index in [0.29, 0.717) is 32.8 Å². The molecule has 2 aliphatic heterocycles. The molecule has 1 amide bonds. The number of benzene rings is 1. The molecule has 2 saturated heterocycles. The number of hydrogen-bond donors (Lipinski definition) is 0. The van der Waals surface area contributed by atoms with Crippen LogP contribution in [0.1, 0.15) is 18.4 Å². The molecule has 0 N–H and O–H groups in total. The molecule has 25 heavy (non-hydrogen) atoms. The first-order valence-corrected chi connectivity index (χ1v) is 9.01. The van der Waals surface area contributed by atoms with Crippen LogP contribution in [0.3, 0.4) is 0 Å². The summed E-state index contributed by atoms with van der Waals surface area (Å²) < 4.78 is 10.5. The zero-order valence-electron chi connectivity index (χ0n) is 14.6. The fourth-order valence-corrected chi connectivity index (χ4v) is 3.39. The summed E-state index contributed by atoms with van der Waals surface area (Å²) >= 11 is 0. The third-order valence-electron chi connectivity index (χ3n) is 4.79. The molecule has 136 valence electrons. The molecule has 3 rings (SSSR count). The summed E-state index contributed by atoms with van der Waals surface area (Å²) in [6.45, 7) is 4.62. The van der Waals surface area contributed by atoms with E-state index in [1.807, 2.05) is 18.2 Å².